The minimum atomic E-state index is -0.356. The van der Waals surface area contributed by atoms with Crippen LogP contribution in [-0.4, -0.2) is 18.1 Å². The smallest absolute Gasteiger partial charge is 0.263 e. The van der Waals surface area contributed by atoms with E-state index in [4.69, 9.17) is 4.74 Å². The molecule has 1 atom stereocenters. The summed E-state index contributed by atoms with van der Waals surface area (Å²) in [6.07, 6.45) is 4.30. The predicted octanol–water partition coefficient (Wildman–Crippen LogP) is 0.114. The third-order valence-electron chi connectivity index (χ3n) is 1.36. The maximum atomic E-state index is 10.9. The third kappa shape index (κ3) is 0.586. The molecule has 1 amide bonds. The molecule has 0 bridgehead atoms. The van der Waals surface area contributed by atoms with Gasteiger partial charge in [0.25, 0.3) is 5.91 Å². The molecule has 50 valence electrons. The highest BCUT2D eigenvalue weighted by atomic mass is 16.5. The van der Waals surface area contributed by atoms with Crippen molar-refractivity contribution in [2.45, 2.75) is 0 Å². The predicted molar refractivity (Wildman–Crippen MR) is 34.6 cm³/mol. The fourth-order valence-electron chi connectivity index (χ4n) is 0.865. The fourth-order valence-corrected chi connectivity index (χ4v) is 0.865. The molecule has 10 heavy (non-hydrogen) atoms. The third-order valence-corrected chi connectivity index (χ3v) is 1.36. The van der Waals surface area contributed by atoms with Crippen LogP contribution < -0.4 is 0 Å². The standard InChI is InChI=1S/C6H4N2O2/c9-5-4-1-2-10-6(4)8-3-7-5/h1-4H. The van der Waals surface area contributed by atoms with Gasteiger partial charge in [-0.25, -0.2) is 9.98 Å². The molecule has 4 heteroatoms. The number of ether oxygens (including phenoxy) is 1. The summed E-state index contributed by atoms with van der Waals surface area (Å²) in [5.74, 6) is -0.135. The van der Waals surface area contributed by atoms with Crippen LogP contribution in [0.4, 0.5) is 0 Å². The number of hydrogen-bond acceptors (Lipinski definition) is 3. The van der Waals surface area contributed by atoms with Gasteiger partial charge in [-0.3, -0.25) is 4.79 Å². The van der Waals surface area contributed by atoms with Gasteiger partial charge < -0.3 is 4.74 Å². The van der Waals surface area contributed by atoms with Gasteiger partial charge in [-0.1, -0.05) is 0 Å². The molecular weight excluding hydrogens is 132 g/mol. The van der Waals surface area contributed by atoms with E-state index in [0.29, 0.717) is 5.90 Å². The van der Waals surface area contributed by atoms with E-state index in [1.165, 1.54) is 12.6 Å². The molecule has 0 fully saturated rings. The van der Waals surface area contributed by atoms with Crippen molar-refractivity contribution in [3.63, 3.8) is 0 Å². The minimum absolute atomic E-state index is 0.209. The highest BCUT2D eigenvalue weighted by Crippen LogP contribution is 2.15. The first kappa shape index (κ1) is 5.34. The first-order valence-corrected chi connectivity index (χ1v) is 2.85. The van der Waals surface area contributed by atoms with Crippen LogP contribution in [-0.2, 0) is 9.53 Å². The lowest BCUT2D eigenvalue weighted by molar-refractivity contribution is -0.118. The molecule has 2 aliphatic heterocycles. The van der Waals surface area contributed by atoms with Gasteiger partial charge in [0.1, 0.15) is 12.3 Å². The summed E-state index contributed by atoms with van der Waals surface area (Å²) in [5, 5.41) is 0. The Morgan fingerprint density at radius 1 is 1.60 bits per heavy atom. The Balaban J connectivity index is 2.40. The topological polar surface area (TPSA) is 51.0 Å². The number of hydrogen-bond donors (Lipinski definition) is 0. The zero-order valence-corrected chi connectivity index (χ0v) is 5.02. The Bertz CT molecular complexity index is 265. The number of carbonyl (C=O) groups is 1. The second-order valence-corrected chi connectivity index (χ2v) is 1.97. The Hall–Kier alpha value is -1.45. The largest absolute Gasteiger partial charge is 0.450 e. The van der Waals surface area contributed by atoms with Crippen molar-refractivity contribution in [3.8, 4) is 0 Å². The minimum Gasteiger partial charge on any atom is -0.450 e. The summed E-state index contributed by atoms with van der Waals surface area (Å²) < 4.78 is 4.88. The first-order valence-electron chi connectivity index (χ1n) is 2.85. The van der Waals surface area contributed by atoms with Crippen LogP contribution in [0.25, 0.3) is 0 Å². The van der Waals surface area contributed by atoms with Crippen molar-refractivity contribution in [3.05, 3.63) is 12.3 Å². The van der Waals surface area contributed by atoms with Crippen LogP contribution in [0.15, 0.2) is 22.3 Å². The van der Waals surface area contributed by atoms with Gasteiger partial charge in [-0.15, -0.1) is 0 Å². The maximum absolute atomic E-state index is 10.9. The van der Waals surface area contributed by atoms with E-state index in [0.717, 1.165) is 0 Å². The van der Waals surface area contributed by atoms with Crippen LogP contribution in [0.2, 0.25) is 0 Å². The normalized spacial score (nSPS) is 27.8. The average molecular weight is 136 g/mol. The van der Waals surface area contributed by atoms with E-state index >= 15 is 0 Å². The van der Waals surface area contributed by atoms with E-state index in [1.807, 2.05) is 0 Å². The van der Waals surface area contributed by atoms with Gasteiger partial charge in [0, 0.05) is 0 Å². The molecule has 0 aromatic heterocycles. The van der Waals surface area contributed by atoms with Crippen LogP contribution in [0.3, 0.4) is 0 Å². The quantitative estimate of drug-likeness (QED) is 0.474. The molecule has 0 aromatic carbocycles. The van der Waals surface area contributed by atoms with Gasteiger partial charge in [0.05, 0.1) is 6.26 Å². The number of aliphatic imine (C=N–C) groups is 2. The zero-order valence-electron chi connectivity index (χ0n) is 5.02. The van der Waals surface area contributed by atoms with Crippen molar-refractivity contribution >= 4 is 18.1 Å². The van der Waals surface area contributed by atoms with E-state index in [9.17, 15) is 4.79 Å². The van der Waals surface area contributed by atoms with Gasteiger partial charge in [-0.05, 0) is 6.08 Å². The SMILES string of the molecule is O=C1N=CN=C2OC=CC12. The molecule has 4 nitrogen and oxygen atoms in total. The molecular formula is C6H4N2O2. The number of rotatable bonds is 0. The molecule has 0 N–H and O–H groups in total. The maximum Gasteiger partial charge on any atom is 0.263 e. The Labute approximate surface area is 56.9 Å². The summed E-state index contributed by atoms with van der Waals surface area (Å²) in [5.41, 5.74) is 0. The summed E-state index contributed by atoms with van der Waals surface area (Å²) >= 11 is 0. The van der Waals surface area contributed by atoms with Gasteiger partial charge in [0.2, 0.25) is 5.90 Å². The van der Waals surface area contributed by atoms with Crippen molar-refractivity contribution in [2.24, 2.45) is 15.9 Å². The molecule has 0 saturated heterocycles. The lowest BCUT2D eigenvalue weighted by Gasteiger charge is -2.05. The molecule has 0 radical (unpaired) electrons. The first-order chi connectivity index (χ1) is 4.88. The van der Waals surface area contributed by atoms with Crippen molar-refractivity contribution < 1.29 is 9.53 Å². The Kier molecular flexibility index (Phi) is 0.943. The number of nitrogens with zero attached hydrogens (tertiary/aromatic N) is 2. The van der Waals surface area contributed by atoms with Crippen LogP contribution in [0, 0.1) is 5.92 Å². The molecule has 2 heterocycles. The van der Waals surface area contributed by atoms with Gasteiger partial charge in [0.15, 0.2) is 0 Å². The molecule has 0 saturated carbocycles. The Morgan fingerprint density at radius 3 is 3.30 bits per heavy atom. The number of fused-ring (bicyclic) bond motifs is 1. The summed E-state index contributed by atoms with van der Waals surface area (Å²) in [7, 11) is 0. The highest BCUT2D eigenvalue weighted by Gasteiger charge is 2.28. The monoisotopic (exact) mass is 136 g/mol. The Morgan fingerprint density at radius 2 is 2.50 bits per heavy atom. The van der Waals surface area contributed by atoms with E-state index in [1.54, 1.807) is 6.08 Å². The highest BCUT2D eigenvalue weighted by molar-refractivity contribution is 6.10. The van der Waals surface area contributed by atoms with Crippen LogP contribution in [0.5, 0.6) is 0 Å². The average Bonchev–Trinajstić information content (AvgIpc) is 2.36. The van der Waals surface area contributed by atoms with Crippen molar-refractivity contribution in [2.75, 3.05) is 0 Å². The number of amides is 1. The molecule has 2 aliphatic rings. The molecule has 1 unspecified atom stereocenters. The summed E-state index contributed by atoms with van der Waals surface area (Å²) in [6.45, 7) is 0. The van der Waals surface area contributed by atoms with E-state index < -0.39 is 0 Å². The molecule has 0 aliphatic carbocycles. The number of carbonyl (C=O) groups excluding carboxylic acids is 1. The van der Waals surface area contributed by atoms with Crippen LogP contribution in [0.1, 0.15) is 0 Å². The summed E-state index contributed by atoms with van der Waals surface area (Å²) in [6, 6.07) is 0. The van der Waals surface area contributed by atoms with Crippen LogP contribution >= 0.6 is 0 Å². The lowest BCUT2D eigenvalue weighted by Crippen LogP contribution is -2.21. The fraction of sp³-hybridized carbons (Fsp3) is 0.167. The zero-order chi connectivity index (χ0) is 6.97. The molecule has 2 rings (SSSR count). The molecule has 0 spiro atoms. The second kappa shape index (κ2) is 1.76. The second-order valence-electron chi connectivity index (χ2n) is 1.97. The lowest BCUT2D eigenvalue weighted by atomic mass is 10.1. The molecule has 0 aromatic rings. The van der Waals surface area contributed by atoms with Crippen molar-refractivity contribution in [1.29, 1.82) is 0 Å². The van der Waals surface area contributed by atoms with E-state index in [2.05, 4.69) is 9.98 Å². The van der Waals surface area contributed by atoms with E-state index in [-0.39, 0.29) is 11.8 Å². The van der Waals surface area contributed by atoms with Gasteiger partial charge >= 0.3 is 0 Å². The van der Waals surface area contributed by atoms with Crippen molar-refractivity contribution in [1.82, 2.24) is 0 Å². The summed E-state index contributed by atoms with van der Waals surface area (Å²) in [4.78, 5) is 18.1. The van der Waals surface area contributed by atoms with Gasteiger partial charge in [-0.2, -0.15) is 0 Å².